The van der Waals surface area contributed by atoms with Crippen molar-refractivity contribution in [2.45, 2.75) is 32.9 Å². The normalized spacial score (nSPS) is 24.2. The zero-order valence-electron chi connectivity index (χ0n) is 13.4. The van der Waals surface area contributed by atoms with Crippen molar-refractivity contribution in [3.05, 3.63) is 45.3 Å². The van der Waals surface area contributed by atoms with Gasteiger partial charge in [0.15, 0.2) is 0 Å². The van der Waals surface area contributed by atoms with Gasteiger partial charge in [0.05, 0.1) is 0 Å². The molecule has 0 bridgehead atoms. The first kappa shape index (κ1) is 14.5. The van der Waals surface area contributed by atoms with Gasteiger partial charge in [0.25, 0.3) is 0 Å². The molecule has 5 heteroatoms. The molecule has 0 unspecified atom stereocenters. The standard InChI is InChI=1S/C18H20N2O3/c1-10-3-14-12(6-18(22)23-16(14)4-11(10)2)7-20-8-13-5-17(21)19-15(13)9-20/h3-4,6,13,15H,5,7-9H2,1-2H3,(H,19,21)/t13-,15+/m0/s1. The quantitative estimate of drug-likeness (QED) is 0.858. The molecule has 2 aliphatic rings. The maximum atomic E-state index is 11.9. The second-order valence-corrected chi connectivity index (χ2v) is 6.86. The fourth-order valence-electron chi connectivity index (χ4n) is 3.82. The average Bonchev–Trinajstić information content (AvgIpc) is 2.97. The number of aryl methyl sites for hydroxylation is 2. The van der Waals surface area contributed by atoms with Crippen LogP contribution in [-0.2, 0) is 11.3 Å². The number of carbonyl (C=O) groups is 1. The molecule has 2 atom stereocenters. The smallest absolute Gasteiger partial charge is 0.336 e. The summed E-state index contributed by atoms with van der Waals surface area (Å²) < 4.78 is 5.36. The summed E-state index contributed by atoms with van der Waals surface area (Å²) in [5.41, 5.74) is 3.67. The van der Waals surface area contributed by atoms with E-state index in [4.69, 9.17) is 4.42 Å². The van der Waals surface area contributed by atoms with Crippen LogP contribution in [0.5, 0.6) is 0 Å². The summed E-state index contributed by atoms with van der Waals surface area (Å²) in [6.07, 6.45) is 0.622. The Bertz CT molecular complexity index is 839. The average molecular weight is 312 g/mol. The van der Waals surface area contributed by atoms with Gasteiger partial charge in [-0.15, -0.1) is 0 Å². The highest BCUT2D eigenvalue weighted by molar-refractivity contribution is 5.82. The molecule has 5 nitrogen and oxygen atoms in total. The van der Waals surface area contributed by atoms with Crippen LogP contribution >= 0.6 is 0 Å². The minimum atomic E-state index is -0.302. The molecule has 2 fully saturated rings. The lowest BCUT2D eigenvalue weighted by atomic mass is 10.0. The summed E-state index contributed by atoms with van der Waals surface area (Å²) in [5.74, 6) is 0.564. The summed E-state index contributed by atoms with van der Waals surface area (Å²) in [7, 11) is 0. The SMILES string of the molecule is Cc1cc2oc(=O)cc(CN3C[C@@H]4CC(=O)N[C@@H]4C3)c2cc1C. The van der Waals surface area contributed by atoms with Crippen molar-refractivity contribution < 1.29 is 9.21 Å². The molecule has 1 aromatic carbocycles. The third kappa shape index (κ3) is 2.55. The number of hydrogen-bond acceptors (Lipinski definition) is 4. The molecule has 3 heterocycles. The second-order valence-electron chi connectivity index (χ2n) is 6.86. The molecule has 23 heavy (non-hydrogen) atoms. The van der Waals surface area contributed by atoms with Crippen LogP contribution in [0.25, 0.3) is 11.0 Å². The lowest BCUT2D eigenvalue weighted by Crippen LogP contribution is -2.32. The van der Waals surface area contributed by atoms with E-state index in [2.05, 4.69) is 23.2 Å². The topological polar surface area (TPSA) is 62.6 Å². The molecule has 2 aromatic rings. The Hall–Kier alpha value is -2.14. The molecule has 4 rings (SSSR count). The van der Waals surface area contributed by atoms with Crippen molar-refractivity contribution in [2.75, 3.05) is 13.1 Å². The maximum absolute atomic E-state index is 11.9. The number of carbonyl (C=O) groups excluding carboxylic acids is 1. The molecule has 0 radical (unpaired) electrons. The van der Waals surface area contributed by atoms with E-state index in [1.54, 1.807) is 6.07 Å². The molecular formula is C18H20N2O3. The zero-order chi connectivity index (χ0) is 16.1. The van der Waals surface area contributed by atoms with Crippen molar-refractivity contribution in [3.63, 3.8) is 0 Å². The number of hydrogen-bond donors (Lipinski definition) is 1. The fraction of sp³-hybridized carbons (Fsp3) is 0.444. The number of rotatable bonds is 2. The van der Waals surface area contributed by atoms with Gasteiger partial charge in [-0.3, -0.25) is 9.69 Å². The van der Waals surface area contributed by atoms with Crippen molar-refractivity contribution in [2.24, 2.45) is 5.92 Å². The number of likely N-dealkylation sites (tertiary alicyclic amines) is 1. The van der Waals surface area contributed by atoms with Crippen LogP contribution in [0.15, 0.2) is 27.4 Å². The van der Waals surface area contributed by atoms with E-state index in [0.717, 1.165) is 29.6 Å². The Balaban J connectivity index is 1.66. The van der Waals surface area contributed by atoms with E-state index in [0.29, 0.717) is 24.5 Å². The minimum absolute atomic E-state index is 0.163. The van der Waals surface area contributed by atoms with E-state index in [1.165, 1.54) is 5.56 Å². The number of nitrogens with zero attached hydrogens (tertiary/aromatic N) is 1. The van der Waals surface area contributed by atoms with Crippen molar-refractivity contribution >= 4 is 16.9 Å². The maximum Gasteiger partial charge on any atom is 0.336 e. The Morgan fingerprint density at radius 3 is 2.74 bits per heavy atom. The van der Waals surface area contributed by atoms with Crippen molar-refractivity contribution in [3.8, 4) is 0 Å². The van der Waals surface area contributed by atoms with Gasteiger partial charge >= 0.3 is 5.63 Å². The molecule has 120 valence electrons. The molecule has 1 aromatic heterocycles. The Labute approximate surface area is 134 Å². The fourth-order valence-corrected chi connectivity index (χ4v) is 3.82. The van der Waals surface area contributed by atoms with Crippen LogP contribution in [0.1, 0.15) is 23.1 Å². The van der Waals surface area contributed by atoms with Gasteiger partial charge < -0.3 is 9.73 Å². The highest BCUT2D eigenvalue weighted by Gasteiger charge is 2.39. The van der Waals surface area contributed by atoms with Gasteiger partial charge in [-0.05, 0) is 42.7 Å². The molecule has 0 spiro atoms. The summed E-state index contributed by atoms with van der Waals surface area (Å²) in [4.78, 5) is 25.6. The summed E-state index contributed by atoms with van der Waals surface area (Å²) >= 11 is 0. The van der Waals surface area contributed by atoms with Gasteiger partial charge in [0.2, 0.25) is 5.91 Å². The van der Waals surface area contributed by atoms with Gasteiger partial charge in [0, 0.05) is 49.5 Å². The predicted molar refractivity (Wildman–Crippen MR) is 87.3 cm³/mol. The predicted octanol–water partition coefficient (Wildman–Crippen LogP) is 1.73. The van der Waals surface area contributed by atoms with Crippen molar-refractivity contribution in [1.82, 2.24) is 10.2 Å². The first-order chi connectivity index (χ1) is 11.0. The first-order valence-electron chi connectivity index (χ1n) is 8.05. The van der Waals surface area contributed by atoms with Crippen LogP contribution in [0.2, 0.25) is 0 Å². The van der Waals surface area contributed by atoms with Gasteiger partial charge in [-0.25, -0.2) is 4.79 Å². The number of nitrogens with one attached hydrogen (secondary N) is 1. The van der Waals surface area contributed by atoms with Crippen LogP contribution in [0, 0.1) is 19.8 Å². The molecule has 0 aliphatic carbocycles. The first-order valence-corrected chi connectivity index (χ1v) is 8.05. The molecule has 1 amide bonds. The van der Waals surface area contributed by atoms with Crippen molar-refractivity contribution in [1.29, 1.82) is 0 Å². The summed E-state index contributed by atoms with van der Waals surface area (Å²) in [6.45, 7) is 6.55. The lowest BCUT2D eigenvalue weighted by molar-refractivity contribution is -0.119. The van der Waals surface area contributed by atoms with Gasteiger partial charge in [0.1, 0.15) is 5.58 Å². The summed E-state index contributed by atoms with van der Waals surface area (Å²) in [6, 6.07) is 5.90. The number of fused-ring (bicyclic) bond motifs is 2. The Morgan fingerprint density at radius 2 is 1.96 bits per heavy atom. The van der Waals surface area contributed by atoms with Crippen LogP contribution in [-0.4, -0.2) is 29.9 Å². The highest BCUT2D eigenvalue weighted by Crippen LogP contribution is 2.28. The lowest BCUT2D eigenvalue weighted by Gasteiger charge is -2.18. The molecule has 0 saturated carbocycles. The molecule has 2 saturated heterocycles. The van der Waals surface area contributed by atoms with E-state index >= 15 is 0 Å². The Kier molecular flexibility index (Phi) is 3.27. The van der Waals surface area contributed by atoms with E-state index in [1.807, 2.05) is 13.0 Å². The van der Waals surface area contributed by atoms with E-state index in [9.17, 15) is 9.59 Å². The van der Waals surface area contributed by atoms with Gasteiger partial charge in [-0.1, -0.05) is 0 Å². The molecule has 1 N–H and O–H groups in total. The molecular weight excluding hydrogens is 292 g/mol. The van der Waals surface area contributed by atoms with Crippen LogP contribution in [0.3, 0.4) is 0 Å². The Morgan fingerprint density at radius 1 is 1.17 bits per heavy atom. The summed E-state index contributed by atoms with van der Waals surface area (Å²) in [5, 5.41) is 4.04. The largest absolute Gasteiger partial charge is 0.423 e. The monoisotopic (exact) mass is 312 g/mol. The third-order valence-electron chi connectivity index (χ3n) is 5.15. The van der Waals surface area contributed by atoms with Crippen LogP contribution in [0.4, 0.5) is 0 Å². The van der Waals surface area contributed by atoms with E-state index in [-0.39, 0.29) is 17.6 Å². The zero-order valence-corrected chi connectivity index (χ0v) is 13.4. The third-order valence-corrected chi connectivity index (χ3v) is 5.15. The second kappa shape index (κ2) is 5.20. The number of amides is 1. The van der Waals surface area contributed by atoms with Crippen LogP contribution < -0.4 is 10.9 Å². The minimum Gasteiger partial charge on any atom is -0.423 e. The van der Waals surface area contributed by atoms with E-state index < -0.39 is 0 Å². The van der Waals surface area contributed by atoms with Gasteiger partial charge in [-0.2, -0.15) is 0 Å². The number of benzene rings is 1. The highest BCUT2D eigenvalue weighted by atomic mass is 16.4. The molecule has 2 aliphatic heterocycles.